The molecule has 0 fully saturated rings. The van der Waals surface area contributed by atoms with Gasteiger partial charge in [0, 0.05) is 17.1 Å². The maximum absolute atomic E-state index is 8.88. The first-order valence-electron chi connectivity index (χ1n) is 0.783. The molecule has 0 aliphatic rings. The van der Waals surface area contributed by atoms with Crippen LogP contribution in [0.15, 0.2) is 0 Å². The van der Waals surface area contributed by atoms with Crippen molar-refractivity contribution in [1.82, 2.24) is 0 Å². The molecule has 0 aliphatic heterocycles. The summed E-state index contributed by atoms with van der Waals surface area (Å²) in [6, 6.07) is 0. The number of hydrogen-bond acceptors (Lipinski definition) is 1. The predicted octanol–water partition coefficient (Wildman–Crippen LogP) is -2.50. The summed E-state index contributed by atoms with van der Waals surface area (Å²) >= 11 is 0. The summed E-state index contributed by atoms with van der Waals surface area (Å²) in [5.41, 5.74) is 0. The van der Waals surface area contributed by atoms with E-state index in [-0.39, 0.29) is 84.4 Å². The van der Waals surface area contributed by atoms with Gasteiger partial charge in [0.05, 0.1) is 0 Å². The standard InChI is InChI=1S/Ca.Cu.Na.H3O4P.3H/c;;;1-5(2,3)4;;;/h;;;(H3,1,2,3,4);;;. The molecule has 0 aliphatic carbocycles. The van der Waals surface area contributed by atoms with Gasteiger partial charge in [0.2, 0.25) is 0 Å². The van der Waals surface area contributed by atoms with Gasteiger partial charge in [0.25, 0.3) is 0 Å². The number of rotatable bonds is 0. The van der Waals surface area contributed by atoms with Crippen LogP contribution in [-0.4, -0.2) is 82.0 Å². The summed E-state index contributed by atoms with van der Waals surface area (Å²) in [5.74, 6) is 0. The van der Waals surface area contributed by atoms with E-state index >= 15 is 0 Å². The molecule has 0 amide bonds. The summed E-state index contributed by atoms with van der Waals surface area (Å²) in [7, 11) is -4.64. The van der Waals surface area contributed by atoms with Crippen molar-refractivity contribution < 1.29 is 36.3 Å². The van der Waals surface area contributed by atoms with E-state index in [1.807, 2.05) is 0 Å². The van der Waals surface area contributed by atoms with Crippen LogP contribution < -0.4 is 0 Å². The Morgan fingerprint density at radius 3 is 1.12 bits per heavy atom. The quantitative estimate of drug-likeness (QED) is 0.316. The summed E-state index contributed by atoms with van der Waals surface area (Å²) in [6.45, 7) is 0. The van der Waals surface area contributed by atoms with Gasteiger partial charge in [0.15, 0.2) is 0 Å². The van der Waals surface area contributed by atoms with Crippen molar-refractivity contribution in [3.63, 3.8) is 0 Å². The van der Waals surface area contributed by atoms with E-state index in [1.54, 1.807) is 0 Å². The van der Waals surface area contributed by atoms with Crippen LogP contribution in [0.1, 0.15) is 0 Å². The molecule has 3 N–H and O–H groups in total. The van der Waals surface area contributed by atoms with E-state index in [1.165, 1.54) is 0 Å². The average molecular weight is 228 g/mol. The molecule has 0 rings (SSSR count). The van der Waals surface area contributed by atoms with E-state index in [4.69, 9.17) is 19.2 Å². The minimum absolute atomic E-state index is 0. The average Bonchev–Trinajstić information content (AvgIpc) is 0.722. The van der Waals surface area contributed by atoms with Crippen molar-refractivity contribution in [1.29, 1.82) is 0 Å². The molecule has 0 saturated carbocycles. The maximum atomic E-state index is 8.88. The minimum atomic E-state index is -4.64. The SMILES string of the molecule is O=P(O)(O)O.[CaH2].[Cu].[NaH]. The normalized spacial score (nSPS) is 7.38. The van der Waals surface area contributed by atoms with Gasteiger partial charge in [-0.25, -0.2) is 4.57 Å². The van der Waals surface area contributed by atoms with E-state index in [9.17, 15) is 0 Å². The molecule has 0 spiro atoms. The fourth-order valence-corrected chi connectivity index (χ4v) is 0. The Kier molecular flexibility index (Phi) is 27.7. The molecular formula is H6CaCuNaO4P. The Morgan fingerprint density at radius 2 is 1.12 bits per heavy atom. The molecule has 0 aromatic rings. The van der Waals surface area contributed by atoms with Gasteiger partial charge in [0.1, 0.15) is 0 Å². The predicted molar refractivity (Wildman–Crippen MR) is 30.0 cm³/mol. The molecule has 4 nitrogen and oxygen atoms in total. The number of hydrogen-bond donors (Lipinski definition) is 3. The molecule has 1 radical (unpaired) electrons. The summed E-state index contributed by atoms with van der Waals surface area (Å²) < 4.78 is 8.88. The van der Waals surface area contributed by atoms with Crippen LogP contribution in [0, 0.1) is 0 Å². The van der Waals surface area contributed by atoms with Crippen LogP contribution in [0.2, 0.25) is 0 Å². The molecule has 0 unspecified atom stereocenters. The Labute approximate surface area is 109 Å². The Balaban J connectivity index is -0.0000000267. The molecule has 0 bridgehead atoms. The first-order chi connectivity index (χ1) is 2.00. The van der Waals surface area contributed by atoms with Gasteiger partial charge in [-0.05, 0) is 0 Å². The van der Waals surface area contributed by atoms with E-state index < -0.39 is 7.82 Å². The van der Waals surface area contributed by atoms with Crippen molar-refractivity contribution in [3.05, 3.63) is 0 Å². The third-order valence-electron chi connectivity index (χ3n) is 0. The van der Waals surface area contributed by atoms with Gasteiger partial charge in [-0.15, -0.1) is 0 Å². The second-order valence-corrected chi connectivity index (χ2v) is 1.54. The van der Waals surface area contributed by atoms with E-state index in [2.05, 4.69) is 0 Å². The zero-order valence-corrected chi connectivity index (χ0v) is 4.33. The van der Waals surface area contributed by atoms with Crippen molar-refractivity contribution in [2.75, 3.05) is 0 Å². The fourth-order valence-electron chi connectivity index (χ4n) is 0. The van der Waals surface area contributed by atoms with Gasteiger partial charge in [-0.2, -0.15) is 0 Å². The molecule has 49 valence electrons. The van der Waals surface area contributed by atoms with Gasteiger partial charge < -0.3 is 14.7 Å². The summed E-state index contributed by atoms with van der Waals surface area (Å²) in [6.07, 6.45) is 0. The molecule has 0 saturated heterocycles. The number of phosphoric acid groups is 1. The third-order valence-corrected chi connectivity index (χ3v) is 0. The van der Waals surface area contributed by atoms with Crippen molar-refractivity contribution in [2.24, 2.45) is 0 Å². The van der Waals surface area contributed by atoms with Gasteiger partial charge in [-0.3, -0.25) is 0 Å². The van der Waals surface area contributed by atoms with Gasteiger partial charge >= 0.3 is 75.1 Å². The first kappa shape index (κ1) is 22.4. The molecule has 8 heavy (non-hydrogen) atoms. The Bertz CT molecular complexity index is 62.2. The zero-order valence-electron chi connectivity index (χ0n) is 2.50. The summed E-state index contributed by atoms with van der Waals surface area (Å²) in [5, 5.41) is 0. The zero-order chi connectivity index (χ0) is 4.50. The van der Waals surface area contributed by atoms with Crippen LogP contribution in [-0.2, 0) is 21.6 Å². The molecule has 8 heteroatoms. The van der Waals surface area contributed by atoms with Crippen LogP contribution in [0.4, 0.5) is 0 Å². The van der Waals surface area contributed by atoms with Crippen molar-refractivity contribution >= 4 is 75.1 Å². The first-order valence-corrected chi connectivity index (χ1v) is 2.35. The van der Waals surface area contributed by atoms with Crippen LogP contribution in [0.3, 0.4) is 0 Å². The van der Waals surface area contributed by atoms with Gasteiger partial charge in [-0.1, -0.05) is 0 Å². The molecule has 0 atom stereocenters. The van der Waals surface area contributed by atoms with E-state index in [0.717, 1.165) is 0 Å². The fraction of sp³-hybridized carbons (Fsp3) is 0. The summed E-state index contributed by atoms with van der Waals surface area (Å²) in [4.78, 5) is 21.6. The molecule has 0 heterocycles. The monoisotopic (exact) mass is 227 g/mol. The second kappa shape index (κ2) is 9.89. The molecule has 0 aromatic heterocycles. The van der Waals surface area contributed by atoms with Crippen LogP contribution >= 0.6 is 7.82 Å². The molecule has 0 aromatic carbocycles. The topological polar surface area (TPSA) is 77.8 Å². The third kappa shape index (κ3) is 66.3. The Morgan fingerprint density at radius 1 is 1.12 bits per heavy atom. The van der Waals surface area contributed by atoms with E-state index in [0.29, 0.717) is 0 Å². The van der Waals surface area contributed by atoms with Crippen molar-refractivity contribution in [3.8, 4) is 0 Å². The van der Waals surface area contributed by atoms with Crippen LogP contribution in [0.25, 0.3) is 0 Å². The van der Waals surface area contributed by atoms with Crippen LogP contribution in [0.5, 0.6) is 0 Å². The van der Waals surface area contributed by atoms with Crippen molar-refractivity contribution in [2.45, 2.75) is 0 Å². The second-order valence-electron chi connectivity index (χ2n) is 0.513. The Hall–Kier alpha value is 2.89. The molecular weight excluding hydrogens is 222 g/mol.